The average Bonchev–Trinajstić information content (AvgIpc) is 2.85. The molecule has 0 amide bonds. The number of benzene rings is 2. The van der Waals surface area contributed by atoms with Crippen LogP contribution >= 0.6 is 0 Å². The fraction of sp³-hybridized carbons (Fsp3) is 0.105. The maximum Gasteiger partial charge on any atom is 0.333 e. The van der Waals surface area contributed by atoms with Gasteiger partial charge >= 0.3 is 5.97 Å². The van der Waals surface area contributed by atoms with Gasteiger partial charge in [-0.05, 0) is 30.7 Å². The summed E-state index contributed by atoms with van der Waals surface area (Å²) < 4.78 is 2.13. The molecule has 1 aromatic heterocycles. The summed E-state index contributed by atoms with van der Waals surface area (Å²) in [6, 6.07) is 18.0. The SMILES string of the molecule is CC1C(C(=O)O)=Cc2ccccc2-c2cc3ccccc3n21. The molecule has 0 saturated carbocycles. The molecule has 3 aromatic rings. The molecule has 1 aliphatic heterocycles. The van der Waals surface area contributed by atoms with E-state index in [-0.39, 0.29) is 6.04 Å². The lowest BCUT2D eigenvalue weighted by molar-refractivity contribution is -0.133. The van der Waals surface area contributed by atoms with Crippen molar-refractivity contribution in [3.05, 3.63) is 65.7 Å². The highest BCUT2D eigenvalue weighted by atomic mass is 16.4. The lowest BCUT2D eigenvalue weighted by Crippen LogP contribution is -2.14. The molecule has 1 aliphatic rings. The number of aliphatic carboxylic acids is 1. The van der Waals surface area contributed by atoms with Crippen molar-refractivity contribution < 1.29 is 9.90 Å². The van der Waals surface area contributed by atoms with E-state index < -0.39 is 5.97 Å². The van der Waals surface area contributed by atoms with Gasteiger partial charge in [0.05, 0.1) is 17.3 Å². The van der Waals surface area contributed by atoms with Gasteiger partial charge in [0.25, 0.3) is 0 Å². The van der Waals surface area contributed by atoms with Crippen LogP contribution in [-0.4, -0.2) is 15.6 Å². The molecule has 3 nitrogen and oxygen atoms in total. The summed E-state index contributed by atoms with van der Waals surface area (Å²) in [7, 11) is 0. The number of fused-ring (bicyclic) bond motifs is 5. The molecule has 22 heavy (non-hydrogen) atoms. The quantitative estimate of drug-likeness (QED) is 0.723. The van der Waals surface area contributed by atoms with Gasteiger partial charge in [0.15, 0.2) is 0 Å². The Morgan fingerprint density at radius 2 is 1.82 bits per heavy atom. The highest BCUT2D eigenvalue weighted by molar-refractivity contribution is 5.98. The Labute approximate surface area is 128 Å². The van der Waals surface area contributed by atoms with E-state index in [2.05, 4.69) is 16.7 Å². The number of aromatic nitrogens is 1. The minimum Gasteiger partial charge on any atom is -0.478 e. The molecular formula is C19H15NO2. The first-order valence-electron chi connectivity index (χ1n) is 7.31. The molecule has 0 saturated heterocycles. The van der Waals surface area contributed by atoms with Gasteiger partial charge in [-0.3, -0.25) is 0 Å². The van der Waals surface area contributed by atoms with Crippen LogP contribution in [0.15, 0.2) is 60.2 Å². The normalized spacial score (nSPS) is 16.6. The lowest BCUT2D eigenvalue weighted by Gasteiger charge is -2.17. The van der Waals surface area contributed by atoms with Crippen molar-refractivity contribution in [1.82, 2.24) is 4.57 Å². The predicted octanol–water partition coefficient (Wildman–Crippen LogP) is 4.35. The number of nitrogens with zero attached hydrogens (tertiary/aromatic N) is 1. The Bertz CT molecular complexity index is 934. The van der Waals surface area contributed by atoms with Gasteiger partial charge in [0.2, 0.25) is 0 Å². The maximum absolute atomic E-state index is 11.7. The Kier molecular flexibility index (Phi) is 2.70. The molecule has 0 bridgehead atoms. The highest BCUT2D eigenvalue weighted by Crippen LogP contribution is 2.39. The minimum atomic E-state index is -0.868. The summed E-state index contributed by atoms with van der Waals surface area (Å²) >= 11 is 0. The van der Waals surface area contributed by atoms with Crippen LogP contribution in [0, 0.1) is 0 Å². The Morgan fingerprint density at radius 3 is 2.64 bits per heavy atom. The molecule has 1 N–H and O–H groups in total. The Balaban J connectivity index is 2.15. The predicted molar refractivity (Wildman–Crippen MR) is 87.7 cm³/mol. The van der Waals surface area contributed by atoms with Crippen molar-refractivity contribution in [3.8, 4) is 11.3 Å². The second kappa shape index (κ2) is 4.60. The third-order valence-corrected chi connectivity index (χ3v) is 4.38. The van der Waals surface area contributed by atoms with Crippen LogP contribution in [0.4, 0.5) is 0 Å². The van der Waals surface area contributed by atoms with E-state index in [1.807, 2.05) is 49.4 Å². The van der Waals surface area contributed by atoms with E-state index in [1.165, 1.54) is 0 Å². The van der Waals surface area contributed by atoms with E-state index in [0.717, 1.165) is 27.7 Å². The van der Waals surface area contributed by atoms with Crippen molar-refractivity contribution in [2.75, 3.05) is 0 Å². The number of carboxylic acids is 1. The number of carbonyl (C=O) groups is 1. The summed E-state index contributed by atoms with van der Waals surface area (Å²) in [6.07, 6.45) is 1.80. The van der Waals surface area contributed by atoms with Gasteiger partial charge in [0, 0.05) is 16.5 Å². The summed E-state index contributed by atoms with van der Waals surface area (Å²) in [6.45, 7) is 1.95. The van der Waals surface area contributed by atoms with E-state index >= 15 is 0 Å². The molecule has 2 heterocycles. The van der Waals surface area contributed by atoms with Crippen LogP contribution in [0.25, 0.3) is 28.2 Å². The van der Waals surface area contributed by atoms with Gasteiger partial charge in [-0.1, -0.05) is 42.5 Å². The first kappa shape index (κ1) is 12.9. The van der Waals surface area contributed by atoms with Gasteiger partial charge in [-0.2, -0.15) is 0 Å². The molecule has 0 fully saturated rings. The fourth-order valence-corrected chi connectivity index (χ4v) is 3.32. The van der Waals surface area contributed by atoms with Crippen LogP contribution in [0.5, 0.6) is 0 Å². The smallest absolute Gasteiger partial charge is 0.333 e. The third-order valence-electron chi connectivity index (χ3n) is 4.38. The zero-order valence-corrected chi connectivity index (χ0v) is 12.2. The van der Waals surface area contributed by atoms with Crippen LogP contribution in [0.3, 0.4) is 0 Å². The largest absolute Gasteiger partial charge is 0.478 e. The monoisotopic (exact) mass is 289 g/mol. The van der Waals surface area contributed by atoms with Crippen molar-refractivity contribution in [3.63, 3.8) is 0 Å². The molecule has 0 spiro atoms. The average molecular weight is 289 g/mol. The number of rotatable bonds is 1. The number of carboxylic acid groups (broad SMARTS) is 1. The Hall–Kier alpha value is -2.81. The van der Waals surface area contributed by atoms with Gasteiger partial charge in [-0.25, -0.2) is 4.79 Å². The van der Waals surface area contributed by atoms with E-state index in [0.29, 0.717) is 5.57 Å². The first-order chi connectivity index (χ1) is 10.7. The zero-order chi connectivity index (χ0) is 15.3. The second-order valence-corrected chi connectivity index (χ2v) is 5.63. The second-order valence-electron chi connectivity index (χ2n) is 5.63. The lowest BCUT2D eigenvalue weighted by atomic mass is 10.0. The van der Waals surface area contributed by atoms with Crippen LogP contribution in [-0.2, 0) is 4.79 Å². The first-order valence-corrected chi connectivity index (χ1v) is 7.31. The summed E-state index contributed by atoms with van der Waals surface area (Å²) in [5, 5.41) is 10.7. The van der Waals surface area contributed by atoms with Crippen LogP contribution in [0.2, 0.25) is 0 Å². The topological polar surface area (TPSA) is 42.2 Å². The van der Waals surface area contributed by atoms with E-state index in [9.17, 15) is 9.90 Å². The molecular weight excluding hydrogens is 274 g/mol. The molecule has 1 unspecified atom stereocenters. The highest BCUT2D eigenvalue weighted by Gasteiger charge is 2.26. The van der Waals surface area contributed by atoms with Crippen LogP contribution in [0.1, 0.15) is 18.5 Å². The van der Waals surface area contributed by atoms with Crippen molar-refractivity contribution in [2.45, 2.75) is 13.0 Å². The van der Waals surface area contributed by atoms with Gasteiger partial charge in [0.1, 0.15) is 0 Å². The number of hydrogen-bond donors (Lipinski definition) is 1. The van der Waals surface area contributed by atoms with Crippen LogP contribution < -0.4 is 0 Å². The van der Waals surface area contributed by atoms with E-state index in [4.69, 9.17) is 0 Å². The third kappa shape index (κ3) is 1.72. The molecule has 4 rings (SSSR count). The molecule has 0 aliphatic carbocycles. The maximum atomic E-state index is 11.7. The van der Waals surface area contributed by atoms with Gasteiger partial charge < -0.3 is 9.67 Å². The van der Waals surface area contributed by atoms with Gasteiger partial charge in [-0.15, -0.1) is 0 Å². The molecule has 1 atom stereocenters. The minimum absolute atomic E-state index is 0.222. The standard InChI is InChI=1S/C19H15NO2/c1-12-16(19(21)22)10-13-6-2-4-8-15(13)18-11-14-7-3-5-9-17(14)20(12)18/h2-12H,1H3,(H,21,22). The Morgan fingerprint density at radius 1 is 1.09 bits per heavy atom. The van der Waals surface area contributed by atoms with E-state index in [1.54, 1.807) is 6.08 Å². The molecule has 108 valence electrons. The number of hydrogen-bond acceptors (Lipinski definition) is 1. The summed E-state index contributed by atoms with van der Waals surface area (Å²) in [5.74, 6) is -0.868. The molecule has 2 aromatic carbocycles. The molecule has 0 radical (unpaired) electrons. The van der Waals surface area contributed by atoms with Crippen molar-refractivity contribution in [1.29, 1.82) is 0 Å². The number of para-hydroxylation sites is 1. The summed E-state index contributed by atoms with van der Waals surface area (Å²) in [5.41, 5.74) is 4.56. The van der Waals surface area contributed by atoms with Crippen molar-refractivity contribution in [2.24, 2.45) is 0 Å². The summed E-state index contributed by atoms with van der Waals surface area (Å²) in [4.78, 5) is 11.7. The molecule has 3 heteroatoms. The zero-order valence-electron chi connectivity index (χ0n) is 12.2. The van der Waals surface area contributed by atoms with Crippen molar-refractivity contribution >= 4 is 22.9 Å². The fourth-order valence-electron chi connectivity index (χ4n) is 3.32.